The van der Waals surface area contributed by atoms with Crippen molar-refractivity contribution in [2.45, 2.75) is 6.54 Å². The molecule has 0 fully saturated rings. The van der Waals surface area contributed by atoms with Gasteiger partial charge in [-0.25, -0.2) is 4.39 Å². The highest BCUT2D eigenvalue weighted by atomic mass is 35.5. The van der Waals surface area contributed by atoms with Crippen molar-refractivity contribution in [2.24, 2.45) is 0 Å². The van der Waals surface area contributed by atoms with Gasteiger partial charge in [-0.3, -0.25) is 0 Å². The lowest BCUT2D eigenvalue weighted by atomic mass is 10.0. The molecule has 4 heteroatoms. The van der Waals surface area contributed by atoms with Crippen molar-refractivity contribution >= 4 is 46.9 Å². The summed E-state index contributed by atoms with van der Waals surface area (Å²) in [5.74, 6) is -0.359. The summed E-state index contributed by atoms with van der Waals surface area (Å²) in [7, 11) is 0. The standard InChI is InChI=1S/C19H16ClFN2/c1-11-15-5-3-4-6-16(15)12(2)19(18(11)22)23-10-13-7-8-14(21)9-17(13)20/h3-9,23H,1-2,10,22H2. The quantitative estimate of drug-likeness (QED) is 0.721. The van der Waals surface area contributed by atoms with Gasteiger partial charge in [-0.1, -0.05) is 55.1 Å². The van der Waals surface area contributed by atoms with Gasteiger partial charge in [0.25, 0.3) is 0 Å². The lowest BCUT2D eigenvalue weighted by Gasteiger charge is -2.14. The Labute approximate surface area is 138 Å². The van der Waals surface area contributed by atoms with Gasteiger partial charge in [0.1, 0.15) is 5.82 Å². The molecule has 0 heterocycles. The summed E-state index contributed by atoms with van der Waals surface area (Å²) in [5, 5.41) is 7.19. The highest BCUT2D eigenvalue weighted by Gasteiger charge is 2.08. The molecule has 0 aliphatic heterocycles. The second kappa shape index (κ2) is 5.94. The molecule has 0 aromatic heterocycles. The lowest BCUT2D eigenvalue weighted by molar-refractivity contribution is 0.627. The van der Waals surface area contributed by atoms with Crippen LogP contribution in [-0.2, 0) is 6.54 Å². The van der Waals surface area contributed by atoms with Crippen LogP contribution in [0.4, 0.5) is 15.8 Å². The first-order chi connectivity index (χ1) is 11.0. The van der Waals surface area contributed by atoms with Gasteiger partial charge >= 0.3 is 0 Å². The molecule has 116 valence electrons. The predicted molar refractivity (Wildman–Crippen MR) is 97.4 cm³/mol. The average molecular weight is 327 g/mol. The smallest absolute Gasteiger partial charge is 0.124 e. The molecule has 0 saturated carbocycles. The largest absolute Gasteiger partial charge is 0.397 e. The van der Waals surface area contributed by atoms with Crippen LogP contribution in [0, 0.1) is 5.82 Å². The van der Waals surface area contributed by atoms with Crippen molar-refractivity contribution < 1.29 is 4.39 Å². The van der Waals surface area contributed by atoms with E-state index in [2.05, 4.69) is 18.5 Å². The molecule has 3 aromatic rings. The Bertz CT molecular complexity index is 998. The SMILES string of the molecule is C=c1c(N)c(NCc2ccc(F)cc2Cl)c(=C)c2ccccc12. The number of nitrogen functional groups attached to an aromatic ring is 1. The van der Waals surface area contributed by atoms with Crippen molar-refractivity contribution in [1.29, 1.82) is 0 Å². The normalized spacial score (nSPS) is 10.9. The van der Waals surface area contributed by atoms with Crippen LogP contribution in [0.2, 0.25) is 5.02 Å². The molecule has 3 aromatic carbocycles. The van der Waals surface area contributed by atoms with Crippen LogP contribution in [-0.4, -0.2) is 0 Å². The van der Waals surface area contributed by atoms with E-state index in [1.165, 1.54) is 12.1 Å². The zero-order valence-electron chi connectivity index (χ0n) is 12.5. The van der Waals surface area contributed by atoms with E-state index in [0.29, 0.717) is 17.3 Å². The van der Waals surface area contributed by atoms with E-state index in [-0.39, 0.29) is 5.82 Å². The summed E-state index contributed by atoms with van der Waals surface area (Å²) in [4.78, 5) is 0. The maximum absolute atomic E-state index is 13.1. The molecule has 0 unspecified atom stereocenters. The Morgan fingerprint density at radius 2 is 1.70 bits per heavy atom. The molecule has 0 aliphatic carbocycles. The zero-order chi connectivity index (χ0) is 16.6. The van der Waals surface area contributed by atoms with E-state index in [9.17, 15) is 4.39 Å². The summed E-state index contributed by atoms with van der Waals surface area (Å²) in [6, 6.07) is 12.2. The van der Waals surface area contributed by atoms with Crippen LogP contribution in [0.1, 0.15) is 5.56 Å². The fraction of sp³-hybridized carbons (Fsp3) is 0.0526. The van der Waals surface area contributed by atoms with Crippen molar-refractivity contribution in [3.05, 3.63) is 69.3 Å². The van der Waals surface area contributed by atoms with E-state index in [0.717, 1.165) is 32.5 Å². The minimum atomic E-state index is -0.359. The van der Waals surface area contributed by atoms with Gasteiger partial charge in [-0.05, 0) is 28.5 Å². The minimum absolute atomic E-state index is 0.359. The molecule has 0 radical (unpaired) electrons. The lowest BCUT2D eigenvalue weighted by Crippen LogP contribution is -2.21. The molecule has 0 bridgehead atoms. The van der Waals surface area contributed by atoms with Gasteiger partial charge in [0.2, 0.25) is 0 Å². The highest BCUT2D eigenvalue weighted by Crippen LogP contribution is 2.20. The van der Waals surface area contributed by atoms with Crippen molar-refractivity contribution in [2.75, 3.05) is 11.1 Å². The molecule has 0 saturated heterocycles. The Morgan fingerprint density at radius 3 is 2.35 bits per heavy atom. The Kier molecular flexibility index (Phi) is 3.97. The van der Waals surface area contributed by atoms with E-state index in [1.807, 2.05) is 24.3 Å². The number of rotatable bonds is 3. The first-order valence-electron chi connectivity index (χ1n) is 7.15. The number of benzene rings is 3. The van der Waals surface area contributed by atoms with Crippen molar-refractivity contribution in [1.82, 2.24) is 0 Å². The van der Waals surface area contributed by atoms with E-state index in [1.54, 1.807) is 6.07 Å². The van der Waals surface area contributed by atoms with Crippen molar-refractivity contribution in [3.8, 4) is 0 Å². The molecule has 0 atom stereocenters. The van der Waals surface area contributed by atoms with Gasteiger partial charge in [-0.15, -0.1) is 0 Å². The van der Waals surface area contributed by atoms with E-state index >= 15 is 0 Å². The number of hydrogen-bond donors (Lipinski definition) is 2. The maximum atomic E-state index is 13.1. The highest BCUT2D eigenvalue weighted by molar-refractivity contribution is 6.31. The zero-order valence-corrected chi connectivity index (χ0v) is 13.3. The van der Waals surface area contributed by atoms with Gasteiger partial charge in [0, 0.05) is 22.0 Å². The van der Waals surface area contributed by atoms with E-state index in [4.69, 9.17) is 17.3 Å². The summed E-state index contributed by atoms with van der Waals surface area (Å²) in [5.41, 5.74) is 8.29. The molecule has 23 heavy (non-hydrogen) atoms. The first kappa shape index (κ1) is 15.4. The summed E-state index contributed by atoms with van der Waals surface area (Å²) < 4.78 is 13.1. The fourth-order valence-corrected chi connectivity index (χ4v) is 2.89. The first-order valence-corrected chi connectivity index (χ1v) is 7.52. The van der Waals surface area contributed by atoms with Gasteiger partial charge in [0.05, 0.1) is 11.4 Å². The number of fused-ring (bicyclic) bond motifs is 1. The number of anilines is 2. The van der Waals surface area contributed by atoms with Gasteiger partial charge in [-0.2, -0.15) is 0 Å². The second-order valence-corrected chi connectivity index (χ2v) is 5.79. The molecule has 0 aliphatic rings. The summed E-state index contributed by atoms with van der Waals surface area (Å²) >= 11 is 6.06. The molecule has 0 amide bonds. The monoisotopic (exact) mass is 326 g/mol. The van der Waals surface area contributed by atoms with Crippen molar-refractivity contribution in [3.63, 3.8) is 0 Å². The molecule has 0 spiro atoms. The molecular formula is C19H16ClFN2. The van der Waals surface area contributed by atoms with Crippen LogP contribution >= 0.6 is 11.6 Å². The predicted octanol–water partition coefficient (Wildman–Crippen LogP) is 3.65. The minimum Gasteiger partial charge on any atom is -0.397 e. The molecule has 3 rings (SSSR count). The maximum Gasteiger partial charge on any atom is 0.124 e. The van der Waals surface area contributed by atoms with Crippen LogP contribution in [0.3, 0.4) is 0 Å². The summed E-state index contributed by atoms with van der Waals surface area (Å²) in [6.07, 6.45) is 0. The second-order valence-electron chi connectivity index (χ2n) is 5.38. The number of nitrogens with one attached hydrogen (secondary N) is 1. The fourth-order valence-electron chi connectivity index (χ4n) is 2.65. The average Bonchev–Trinajstić information content (AvgIpc) is 2.54. The van der Waals surface area contributed by atoms with Gasteiger partial charge < -0.3 is 11.1 Å². The van der Waals surface area contributed by atoms with Crippen LogP contribution in [0.15, 0.2) is 42.5 Å². The van der Waals surface area contributed by atoms with Crippen LogP contribution in [0.5, 0.6) is 0 Å². The molecular weight excluding hydrogens is 311 g/mol. The number of hydrogen-bond acceptors (Lipinski definition) is 2. The topological polar surface area (TPSA) is 38.0 Å². The third-order valence-corrected chi connectivity index (χ3v) is 4.30. The van der Waals surface area contributed by atoms with E-state index < -0.39 is 0 Å². The number of nitrogens with two attached hydrogens (primary N) is 1. The third-order valence-electron chi connectivity index (χ3n) is 3.94. The Hall–Kier alpha value is -2.52. The number of halogens is 2. The van der Waals surface area contributed by atoms with Gasteiger partial charge in [0.15, 0.2) is 0 Å². The Balaban J connectivity index is 2.04. The third kappa shape index (κ3) is 2.76. The van der Waals surface area contributed by atoms with Crippen LogP contribution in [0.25, 0.3) is 23.9 Å². The molecule has 3 N–H and O–H groups in total. The molecule has 2 nitrogen and oxygen atoms in total. The van der Waals surface area contributed by atoms with Crippen LogP contribution < -0.4 is 21.5 Å². The summed E-state index contributed by atoms with van der Waals surface area (Å²) in [6.45, 7) is 8.62. The Morgan fingerprint density at radius 1 is 1.04 bits per heavy atom.